The van der Waals surface area contributed by atoms with Crippen LogP contribution in [0.4, 0.5) is 0 Å². The van der Waals surface area contributed by atoms with E-state index in [9.17, 15) is 5.11 Å². The van der Waals surface area contributed by atoms with Gasteiger partial charge >= 0.3 is 0 Å². The zero-order chi connectivity index (χ0) is 15.4. The molecule has 3 rings (SSSR count). The van der Waals surface area contributed by atoms with Crippen LogP contribution >= 0.6 is 11.3 Å². The molecule has 0 spiro atoms. The minimum atomic E-state index is -0.229. The van der Waals surface area contributed by atoms with Crippen molar-refractivity contribution in [2.24, 2.45) is 0 Å². The molecule has 0 atom stereocenters. The predicted octanol–water partition coefficient (Wildman–Crippen LogP) is 3.92. The second-order valence-electron chi connectivity index (χ2n) is 5.19. The molecule has 1 aliphatic rings. The van der Waals surface area contributed by atoms with Crippen molar-refractivity contribution in [3.63, 3.8) is 0 Å². The maximum Gasteiger partial charge on any atom is 0.193 e. The fourth-order valence-corrected chi connectivity index (χ4v) is 3.66. The summed E-state index contributed by atoms with van der Waals surface area (Å²) in [7, 11) is 0. The Kier molecular flexibility index (Phi) is 5.05. The Hall–Kier alpha value is -1.46. The van der Waals surface area contributed by atoms with Crippen LogP contribution in [0.1, 0.15) is 33.6 Å². The van der Waals surface area contributed by atoms with E-state index in [1.165, 1.54) is 10.4 Å². The van der Waals surface area contributed by atoms with Crippen molar-refractivity contribution in [1.82, 2.24) is 0 Å². The van der Waals surface area contributed by atoms with Crippen LogP contribution in [0, 0.1) is 6.92 Å². The highest BCUT2D eigenvalue weighted by atomic mass is 32.1. The van der Waals surface area contributed by atoms with Crippen molar-refractivity contribution in [1.29, 1.82) is 0 Å². The third kappa shape index (κ3) is 3.31. The highest BCUT2D eigenvalue weighted by Crippen LogP contribution is 2.37. The Morgan fingerprint density at radius 2 is 2.00 bits per heavy atom. The first-order valence-electron chi connectivity index (χ1n) is 7.50. The van der Waals surface area contributed by atoms with E-state index < -0.39 is 0 Å². The Bertz CT molecular complexity index is 640. The van der Waals surface area contributed by atoms with E-state index in [1.807, 2.05) is 18.2 Å². The Balaban J connectivity index is 1.97. The molecular weight excluding hydrogens is 296 g/mol. The average Bonchev–Trinajstić information content (AvgIpc) is 3.19. The summed E-state index contributed by atoms with van der Waals surface area (Å²) in [5, 5.41) is 9.17. The molecule has 0 bridgehead atoms. The molecule has 1 aromatic carbocycles. The van der Waals surface area contributed by atoms with E-state index in [2.05, 4.69) is 31.2 Å². The molecule has 1 fully saturated rings. The van der Waals surface area contributed by atoms with Crippen molar-refractivity contribution in [2.45, 2.75) is 19.6 Å². The first kappa shape index (κ1) is 15.4. The van der Waals surface area contributed by atoms with E-state index in [0.717, 1.165) is 16.0 Å². The van der Waals surface area contributed by atoms with Crippen molar-refractivity contribution >= 4 is 16.9 Å². The number of hydrogen-bond donors (Lipinski definition) is 1. The van der Waals surface area contributed by atoms with Gasteiger partial charge in [0.05, 0.1) is 18.1 Å². The number of rotatable bonds is 5. The summed E-state index contributed by atoms with van der Waals surface area (Å²) in [6, 6.07) is 12.4. The van der Waals surface area contributed by atoms with Crippen molar-refractivity contribution < 1.29 is 14.6 Å². The van der Waals surface area contributed by atoms with Gasteiger partial charge in [-0.05, 0) is 36.1 Å². The molecule has 22 heavy (non-hydrogen) atoms. The van der Waals surface area contributed by atoms with Crippen LogP contribution in [0.15, 0.2) is 42.5 Å². The first-order valence-corrected chi connectivity index (χ1v) is 8.31. The van der Waals surface area contributed by atoms with Gasteiger partial charge in [0, 0.05) is 11.5 Å². The summed E-state index contributed by atoms with van der Waals surface area (Å²) in [5.74, 6) is 0. The van der Waals surface area contributed by atoms with E-state index in [1.54, 1.807) is 11.3 Å². The molecule has 1 aromatic heterocycles. The normalized spacial score (nSPS) is 16.4. The number of hydrogen-bond acceptors (Lipinski definition) is 4. The lowest BCUT2D eigenvalue weighted by molar-refractivity contribution is -0.0413. The number of benzene rings is 1. The highest BCUT2D eigenvalue weighted by molar-refractivity contribution is 7.12. The van der Waals surface area contributed by atoms with Crippen LogP contribution in [0.2, 0.25) is 0 Å². The van der Waals surface area contributed by atoms with Crippen LogP contribution in [0.5, 0.6) is 0 Å². The Morgan fingerprint density at radius 3 is 2.68 bits per heavy atom. The highest BCUT2D eigenvalue weighted by Gasteiger charge is 2.22. The van der Waals surface area contributed by atoms with Gasteiger partial charge < -0.3 is 14.6 Å². The summed E-state index contributed by atoms with van der Waals surface area (Å²) in [6.45, 7) is 3.58. The summed E-state index contributed by atoms with van der Waals surface area (Å²) in [4.78, 5) is 2.35. The van der Waals surface area contributed by atoms with Gasteiger partial charge in [-0.2, -0.15) is 0 Å². The minimum absolute atomic E-state index is 0.154. The summed E-state index contributed by atoms with van der Waals surface area (Å²) in [6.07, 6.45) is 2.52. The lowest BCUT2D eigenvalue weighted by atomic mass is 9.97. The third-order valence-corrected chi connectivity index (χ3v) is 4.72. The molecule has 0 radical (unpaired) electrons. The largest absolute Gasteiger partial charge is 0.396 e. The fourth-order valence-electron chi connectivity index (χ4n) is 2.62. The fraction of sp³-hybridized carbons (Fsp3) is 0.333. The zero-order valence-electron chi connectivity index (χ0n) is 12.6. The van der Waals surface area contributed by atoms with Gasteiger partial charge in [-0.1, -0.05) is 36.4 Å². The molecule has 2 aromatic rings. The molecule has 1 aliphatic heterocycles. The van der Waals surface area contributed by atoms with Crippen LogP contribution in [0.3, 0.4) is 0 Å². The van der Waals surface area contributed by atoms with E-state index in [4.69, 9.17) is 9.47 Å². The van der Waals surface area contributed by atoms with Crippen molar-refractivity contribution in [3.8, 4) is 0 Å². The summed E-state index contributed by atoms with van der Waals surface area (Å²) in [5.41, 5.74) is 3.52. The van der Waals surface area contributed by atoms with Gasteiger partial charge in [-0.3, -0.25) is 0 Å². The predicted molar refractivity (Wildman–Crippen MR) is 88.9 cm³/mol. The summed E-state index contributed by atoms with van der Waals surface area (Å²) >= 11 is 1.71. The SMILES string of the molecule is Cc1sc(C2OCCO2)cc1/C(=C/CCO)c1ccccc1. The number of thiophene rings is 1. The molecule has 0 unspecified atom stereocenters. The Morgan fingerprint density at radius 1 is 1.27 bits per heavy atom. The molecule has 0 amide bonds. The quantitative estimate of drug-likeness (QED) is 0.909. The van der Waals surface area contributed by atoms with Gasteiger partial charge in [-0.15, -0.1) is 11.3 Å². The maximum atomic E-state index is 9.17. The van der Waals surface area contributed by atoms with Gasteiger partial charge in [-0.25, -0.2) is 0 Å². The lowest BCUT2D eigenvalue weighted by Gasteiger charge is -2.08. The van der Waals surface area contributed by atoms with Crippen molar-refractivity contribution in [2.75, 3.05) is 19.8 Å². The second kappa shape index (κ2) is 7.20. The third-order valence-electron chi connectivity index (χ3n) is 3.64. The molecule has 0 aliphatic carbocycles. The van der Waals surface area contributed by atoms with Crippen LogP contribution in [-0.2, 0) is 9.47 Å². The standard InChI is InChI=1S/C18H20O3S/c1-13-16(12-17(22-13)18-20-10-11-21-18)15(8-5-9-19)14-6-3-2-4-7-14/h2-4,6-8,12,18-19H,5,9-11H2,1H3/b15-8+. The van der Waals surface area contributed by atoms with E-state index in [0.29, 0.717) is 19.6 Å². The van der Waals surface area contributed by atoms with Gasteiger partial charge in [0.1, 0.15) is 0 Å². The smallest absolute Gasteiger partial charge is 0.193 e. The van der Waals surface area contributed by atoms with Crippen molar-refractivity contribution in [3.05, 3.63) is 63.4 Å². The lowest BCUT2D eigenvalue weighted by Crippen LogP contribution is -1.94. The average molecular weight is 316 g/mol. The second-order valence-corrected chi connectivity index (χ2v) is 6.48. The monoisotopic (exact) mass is 316 g/mol. The molecule has 3 nitrogen and oxygen atoms in total. The summed E-state index contributed by atoms with van der Waals surface area (Å²) < 4.78 is 11.2. The maximum absolute atomic E-state index is 9.17. The van der Waals surface area contributed by atoms with Gasteiger partial charge in [0.15, 0.2) is 6.29 Å². The molecule has 2 heterocycles. The van der Waals surface area contributed by atoms with E-state index >= 15 is 0 Å². The molecular formula is C18H20O3S. The Labute approximate surface area is 134 Å². The zero-order valence-corrected chi connectivity index (χ0v) is 13.4. The molecule has 0 saturated carbocycles. The van der Waals surface area contributed by atoms with Crippen LogP contribution in [-0.4, -0.2) is 24.9 Å². The molecule has 116 valence electrons. The topological polar surface area (TPSA) is 38.7 Å². The number of ether oxygens (including phenoxy) is 2. The molecule has 4 heteroatoms. The van der Waals surface area contributed by atoms with Crippen LogP contribution in [0.25, 0.3) is 5.57 Å². The van der Waals surface area contributed by atoms with Crippen LogP contribution < -0.4 is 0 Å². The number of aliphatic hydroxyl groups is 1. The first-order chi connectivity index (χ1) is 10.8. The number of aryl methyl sites for hydroxylation is 1. The van der Waals surface area contributed by atoms with E-state index in [-0.39, 0.29) is 12.9 Å². The van der Waals surface area contributed by atoms with Gasteiger partial charge in [0.2, 0.25) is 0 Å². The van der Waals surface area contributed by atoms with Gasteiger partial charge in [0.25, 0.3) is 0 Å². The minimum Gasteiger partial charge on any atom is -0.396 e. The molecule has 1 N–H and O–H groups in total. The molecule has 1 saturated heterocycles. The number of aliphatic hydroxyl groups excluding tert-OH is 1.